The minimum atomic E-state index is -3.64. The predicted molar refractivity (Wildman–Crippen MR) is 103 cm³/mol. The number of allylic oxidation sites excluding steroid dienone is 2. The van der Waals surface area contributed by atoms with Gasteiger partial charge in [-0.1, -0.05) is 30.4 Å². The normalized spacial score (nSPS) is 10.9. The monoisotopic (exact) mass is 357 g/mol. The Hall–Kier alpha value is -2.60. The van der Waals surface area contributed by atoms with Crippen molar-refractivity contribution < 1.29 is 8.42 Å². The van der Waals surface area contributed by atoms with Crippen LogP contribution in [0.4, 0.5) is 11.5 Å². The van der Waals surface area contributed by atoms with E-state index >= 15 is 0 Å². The summed E-state index contributed by atoms with van der Waals surface area (Å²) in [6.45, 7) is 9.76. The molecule has 0 saturated carbocycles. The molecule has 132 valence electrons. The summed E-state index contributed by atoms with van der Waals surface area (Å²) in [5.41, 5.74) is 3.05. The minimum Gasteiger partial charge on any atom is -0.330 e. The number of pyridine rings is 1. The number of rotatable bonds is 6. The van der Waals surface area contributed by atoms with E-state index in [1.54, 1.807) is 43.3 Å². The van der Waals surface area contributed by atoms with Crippen LogP contribution in [-0.2, 0) is 10.0 Å². The van der Waals surface area contributed by atoms with E-state index in [1.165, 1.54) is 6.20 Å². The van der Waals surface area contributed by atoms with Crippen molar-refractivity contribution in [3.05, 3.63) is 72.1 Å². The van der Waals surface area contributed by atoms with E-state index in [0.717, 1.165) is 11.3 Å². The third-order valence-corrected chi connectivity index (χ3v) is 5.15. The first-order valence-corrected chi connectivity index (χ1v) is 9.31. The SMILES string of the molecule is C=C(C=C(C)C)N(C)c1ccc(NS(=O)(=O)c2ccccc2C)cn1. The Morgan fingerprint density at radius 2 is 1.88 bits per heavy atom. The molecule has 1 N–H and O–H groups in total. The molecule has 2 rings (SSSR count). The molecule has 0 radical (unpaired) electrons. The Labute approximate surface area is 149 Å². The molecule has 25 heavy (non-hydrogen) atoms. The van der Waals surface area contributed by atoms with Crippen LogP contribution >= 0.6 is 0 Å². The van der Waals surface area contributed by atoms with Gasteiger partial charge in [0.1, 0.15) is 5.82 Å². The first-order chi connectivity index (χ1) is 11.7. The quantitative estimate of drug-likeness (QED) is 0.791. The van der Waals surface area contributed by atoms with Crippen LogP contribution in [0.1, 0.15) is 19.4 Å². The number of likely N-dealkylation sites (N-methyl/N-ethyl adjacent to an activating group) is 1. The van der Waals surface area contributed by atoms with Crippen molar-refractivity contribution >= 4 is 21.5 Å². The van der Waals surface area contributed by atoms with Crippen molar-refractivity contribution in [2.45, 2.75) is 25.7 Å². The largest absolute Gasteiger partial charge is 0.330 e. The van der Waals surface area contributed by atoms with E-state index in [4.69, 9.17) is 0 Å². The maximum atomic E-state index is 12.5. The number of aromatic nitrogens is 1. The molecule has 1 aromatic heterocycles. The molecule has 0 fully saturated rings. The number of anilines is 2. The summed E-state index contributed by atoms with van der Waals surface area (Å²) < 4.78 is 27.6. The van der Waals surface area contributed by atoms with Gasteiger partial charge < -0.3 is 4.90 Å². The molecule has 1 aromatic carbocycles. The van der Waals surface area contributed by atoms with E-state index in [9.17, 15) is 8.42 Å². The average Bonchev–Trinajstić information content (AvgIpc) is 2.54. The highest BCUT2D eigenvalue weighted by Crippen LogP contribution is 2.21. The predicted octanol–water partition coefficient (Wildman–Crippen LogP) is 4.11. The molecule has 0 saturated heterocycles. The first-order valence-electron chi connectivity index (χ1n) is 7.83. The van der Waals surface area contributed by atoms with Crippen LogP contribution in [0.25, 0.3) is 0 Å². The molecular weight excluding hydrogens is 334 g/mol. The van der Waals surface area contributed by atoms with Crippen molar-refractivity contribution in [3.63, 3.8) is 0 Å². The molecule has 2 aromatic rings. The van der Waals surface area contributed by atoms with Crippen LogP contribution in [0.15, 0.2) is 71.4 Å². The highest BCUT2D eigenvalue weighted by atomic mass is 32.2. The zero-order valence-corrected chi connectivity index (χ0v) is 15.8. The topological polar surface area (TPSA) is 62.3 Å². The van der Waals surface area contributed by atoms with Crippen LogP contribution in [0.5, 0.6) is 0 Å². The van der Waals surface area contributed by atoms with Crippen molar-refractivity contribution in [2.75, 3.05) is 16.7 Å². The Morgan fingerprint density at radius 1 is 1.20 bits per heavy atom. The summed E-state index contributed by atoms with van der Waals surface area (Å²) in [5.74, 6) is 0.682. The lowest BCUT2D eigenvalue weighted by molar-refractivity contribution is 0.600. The molecule has 1 heterocycles. The summed E-state index contributed by atoms with van der Waals surface area (Å²) >= 11 is 0. The lowest BCUT2D eigenvalue weighted by Crippen LogP contribution is -2.17. The lowest BCUT2D eigenvalue weighted by atomic mass is 10.2. The maximum absolute atomic E-state index is 12.5. The summed E-state index contributed by atoms with van der Waals surface area (Å²) in [5, 5.41) is 0. The summed E-state index contributed by atoms with van der Waals surface area (Å²) in [7, 11) is -1.78. The van der Waals surface area contributed by atoms with Crippen molar-refractivity contribution in [1.29, 1.82) is 0 Å². The standard InChI is InChI=1S/C19H23N3O2S/c1-14(2)12-16(4)22(5)19-11-10-17(13-20-19)21-25(23,24)18-9-7-6-8-15(18)3/h6-13,21H,4H2,1-3,5H3. The molecule has 0 aliphatic rings. The van der Waals surface area contributed by atoms with Gasteiger partial charge >= 0.3 is 0 Å². The molecule has 0 atom stereocenters. The molecule has 0 amide bonds. The fourth-order valence-electron chi connectivity index (χ4n) is 2.29. The summed E-state index contributed by atoms with van der Waals surface area (Å²) in [6, 6.07) is 10.3. The van der Waals surface area contributed by atoms with Crippen molar-refractivity contribution in [2.24, 2.45) is 0 Å². The van der Waals surface area contributed by atoms with Crippen molar-refractivity contribution in [3.8, 4) is 0 Å². The zero-order chi connectivity index (χ0) is 18.6. The fourth-order valence-corrected chi connectivity index (χ4v) is 3.58. The average molecular weight is 357 g/mol. The lowest BCUT2D eigenvalue weighted by Gasteiger charge is -2.19. The molecule has 0 unspecified atom stereocenters. The third-order valence-electron chi connectivity index (χ3n) is 3.61. The molecule has 0 aliphatic carbocycles. The van der Waals surface area contributed by atoms with E-state index in [1.807, 2.05) is 31.9 Å². The number of hydrogen-bond donors (Lipinski definition) is 1. The molecule has 5 nitrogen and oxygen atoms in total. The van der Waals surface area contributed by atoms with Crippen molar-refractivity contribution in [1.82, 2.24) is 4.98 Å². The number of aryl methyl sites for hydroxylation is 1. The maximum Gasteiger partial charge on any atom is 0.262 e. The molecule has 0 spiro atoms. The number of nitrogens with zero attached hydrogens (tertiary/aromatic N) is 2. The first kappa shape index (κ1) is 18.7. The van der Waals surface area contributed by atoms with Gasteiger partial charge in [0.25, 0.3) is 10.0 Å². The third kappa shape index (κ3) is 4.70. The van der Waals surface area contributed by atoms with Gasteiger partial charge in [-0.15, -0.1) is 0 Å². The van der Waals surface area contributed by atoms with Gasteiger partial charge in [-0.3, -0.25) is 4.72 Å². The van der Waals surface area contributed by atoms with Crippen LogP contribution in [0.3, 0.4) is 0 Å². The Bertz CT molecular complexity index is 897. The molecule has 0 bridgehead atoms. The van der Waals surface area contributed by atoms with Gasteiger partial charge in [0.2, 0.25) is 0 Å². The Kier molecular flexibility index (Phi) is 5.64. The fraction of sp³-hybridized carbons (Fsp3) is 0.211. The molecular formula is C19H23N3O2S. The van der Waals surface area contributed by atoms with Gasteiger partial charge in [-0.05, 0) is 50.6 Å². The second kappa shape index (κ2) is 7.53. The zero-order valence-electron chi connectivity index (χ0n) is 14.9. The second-order valence-electron chi connectivity index (χ2n) is 6.05. The number of nitrogens with one attached hydrogen (secondary N) is 1. The smallest absolute Gasteiger partial charge is 0.262 e. The Morgan fingerprint density at radius 3 is 2.44 bits per heavy atom. The van der Waals surface area contributed by atoms with E-state index in [2.05, 4.69) is 16.3 Å². The highest BCUT2D eigenvalue weighted by molar-refractivity contribution is 7.92. The summed E-state index contributed by atoms with van der Waals surface area (Å²) in [6.07, 6.45) is 3.45. The molecule has 0 aliphatic heterocycles. The van der Waals surface area contributed by atoms with Crippen LogP contribution in [0, 0.1) is 6.92 Å². The number of sulfonamides is 1. The van der Waals surface area contributed by atoms with Crippen LogP contribution in [-0.4, -0.2) is 20.4 Å². The minimum absolute atomic E-state index is 0.258. The van der Waals surface area contributed by atoms with Gasteiger partial charge in [-0.25, -0.2) is 13.4 Å². The van der Waals surface area contributed by atoms with Crippen LogP contribution in [0.2, 0.25) is 0 Å². The highest BCUT2D eigenvalue weighted by Gasteiger charge is 2.16. The second-order valence-corrected chi connectivity index (χ2v) is 7.70. The number of hydrogen-bond acceptors (Lipinski definition) is 4. The van der Waals surface area contributed by atoms with Gasteiger partial charge in [0.15, 0.2) is 0 Å². The number of benzene rings is 1. The van der Waals surface area contributed by atoms with Crippen LogP contribution < -0.4 is 9.62 Å². The summed E-state index contributed by atoms with van der Waals surface area (Å²) in [4.78, 5) is 6.41. The van der Waals surface area contributed by atoms with E-state index in [-0.39, 0.29) is 4.90 Å². The Balaban J connectivity index is 2.19. The van der Waals surface area contributed by atoms with E-state index < -0.39 is 10.0 Å². The van der Waals surface area contributed by atoms with Gasteiger partial charge in [0, 0.05) is 12.7 Å². The van der Waals surface area contributed by atoms with Gasteiger partial charge in [0.05, 0.1) is 16.8 Å². The van der Waals surface area contributed by atoms with Gasteiger partial charge in [-0.2, -0.15) is 0 Å². The van der Waals surface area contributed by atoms with E-state index in [0.29, 0.717) is 17.1 Å². The molecule has 6 heteroatoms.